The second-order valence-electron chi connectivity index (χ2n) is 5.33. The van der Waals surface area contributed by atoms with Crippen LogP contribution in [-0.2, 0) is 6.54 Å². The lowest BCUT2D eigenvalue weighted by Gasteiger charge is -2.29. The highest BCUT2D eigenvalue weighted by atomic mass is 35.5. The number of benzene rings is 1. The minimum atomic E-state index is -0.255. The van der Waals surface area contributed by atoms with Crippen molar-refractivity contribution in [3.63, 3.8) is 0 Å². The summed E-state index contributed by atoms with van der Waals surface area (Å²) >= 11 is 6.17. The Morgan fingerprint density at radius 1 is 1.36 bits per heavy atom. The minimum Gasteiger partial charge on any atom is -0.352 e. The number of carbonyl (C=O) groups is 1. The molecular formula is C15H16ClN5O. The number of hydrogen-bond acceptors (Lipinski definition) is 4. The highest BCUT2D eigenvalue weighted by Gasteiger charge is 2.26. The van der Waals surface area contributed by atoms with Crippen molar-refractivity contribution in [2.24, 2.45) is 0 Å². The van der Waals surface area contributed by atoms with Gasteiger partial charge in [-0.05, 0) is 26.0 Å². The molecule has 0 saturated carbocycles. The second kappa shape index (κ2) is 5.81. The van der Waals surface area contributed by atoms with Gasteiger partial charge < -0.3 is 5.32 Å². The van der Waals surface area contributed by atoms with Crippen LogP contribution < -0.4 is 15.5 Å². The van der Waals surface area contributed by atoms with Crippen LogP contribution in [0.4, 0.5) is 22.2 Å². The molecule has 0 spiro atoms. The van der Waals surface area contributed by atoms with Gasteiger partial charge in [-0.2, -0.15) is 4.98 Å². The lowest BCUT2D eigenvalue weighted by atomic mass is 10.2. The van der Waals surface area contributed by atoms with Gasteiger partial charge in [-0.15, -0.1) is 0 Å². The lowest BCUT2D eigenvalue weighted by Crippen LogP contribution is -2.39. The maximum Gasteiger partial charge on any atom is 0.327 e. The number of para-hydroxylation sites is 1. The number of nitrogens with one attached hydrogen (secondary N) is 2. The number of urea groups is 1. The topological polar surface area (TPSA) is 70.1 Å². The zero-order chi connectivity index (χ0) is 15.7. The Labute approximate surface area is 133 Å². The summed E-state index contributed by atoms with van der Waals surface area (Å²) in [5.41, 5.74) is 1.51. The van der Waals surface area contributed by atoms with Crippen molar-refractivity contribution in [1.29, 1.82) is 0 Å². The van der Waals surface area contributed by atoms with E-state index in [4.69, 9.17) is 11.6 Å². The fourth-order valence-corrected chi connectivity index (χ4v) is 2.47. The molecule has 0 radical (unpaired) electrons. The third kappa shape index (κ3) is 2.82. The van der Waals surface area contributed by atoms with Crippen LogP contribution in [0.25, 0.3) is 0 Å². The van der Waals surface area contributed by atoms with E-state index in [9.17, 15) is 4.79 Å². The molecule has 2 aromatic rings. The van der Waals surface area contributed by atoms with E-state index in [0.29, 0.717) is 29.0 Å². The first-order valence-electron chi connectivity index (χ1n) is 7.00. The summed E-state index contributed by atoms with van der Waals surface area (Å²) < 4.78 is 0. The number of halogens is 1. The predicted molar refractivity (Wildman–Crippen MR) is 87.4 cm³/mol. The molecule has 1 aliphatic heterocycles. The van der Waals surface area contributed by atoms with Crippen molar-refractivity contribution < 1.29 is 4.79 Å². The zero-order valence-electron chi connectivity index (χ0n) is 12.3. The van der Waals surface area contributed by atoms with Crippen LogP contribution in [0.2, 0.25) is 5.02 Å². The fraction of sp³-hybridized carbons (Fsp3) is 0.267. The molecule has 6 nitrogen and oxygen atoms in total. The molecule has 1 aromatic heterocycles. The van der Waals surface area contributed by atoms with Crippen LogP contribution in [0, 0.1) is 0 Å². The van der Waals surface area contributed by atoms with Crippen LogP contribution in [0.15, 0.2) is 30.5 Å². The van der Waals surface area contributed by atoms with Gasteiger partial charge >= 0.3 is 6.03 Å². The zero-order valence-corrected chi connectivity index (χ0v) is 13.1. The van der Waals surface area contributed by atoms with Crippen molar-refractivity contribution in [3.8, 4) is 0 Å². The molecule has 0 atom stereocenters. The van der Waals surface area contributed by atoms with Crippen LogP contribution in [-0.4, -0.2) is 22.0 Å². The van der Waals surface area contributed by atoms with Gasteiger partial charge in [0.15, 0.2) is 0 Å². The molecule has 0 bridgehead atoms. The number of anilines is 3. The van der Waals surface area contributed by atoms with Crippen molar-refractivity contribution in [2.45, 2.75) is 26.4 Å². The quantitative estimate of drug-likeness (QED) is 0.909. The van der Waals surface area contributed by atoms with Gasteiger partial charge in [-0.25, -0.2) is 9.78 Å². The molecule has 0 unspecified atom stereocenters. The summed E-state index contributed by atoms with van der Waals surface area (Å²) in [5, 5.41) is 6.43. The Kier molecular flexibility index (Phi) is 3.85. The summed E-state index contributed by atoms with van der Waals surface area (Å²) in [7, 11) is 0. The van der Waals surface area contributed by atoms with Crippen molar-refractivity contribution in [3.05, 3.63) is 41.0 Å². The van der Waals surface area contributed by atoms with Gasteiger partial charge in [0, 0.05) is 17.8 Å². The minimum absolute atomic E-state index is 0.219. The van der Waals surface area contributed by atoms with Crippen molar-refractivity contribution in [1.82, 2.24) is 9.97 Å². The number of nitrogens with zero attached hydrogens (tertiary/aromatic N) is 3. The molecule has 0 aliphatic carbocycles. The third-order valence-corrected chi connectivity index (χ3v) is 3.54. The largest absolute Gasteiger partial charge is 0.352 e. The van der Waals surface area contributed by atoms with E-state index in [0.717, 1.165) is 5.56 Å². The molecule has 3 rings (SSSR count). The predicted octanol–water partition coefficient (Wildman–Crippen LogP) is 3.50. The van der Waals surface area contributed by atoms with Crippen LogP contribution >= 0.6 is 11.6 Å². The second-order valence-corrected chi connectivity index (χ2v) is 5.74. The van der Waals surface area contributed by atoms with Gasteiger partial charge in [-0.1, -0.05) is 23.7 Å². The number of hydrogen-bond donors (Lipinski definition) is 2. The van der Waals surface area contributed by atoms with Crippen LogP contribution in [0.3, 0.4) is 0 Å². The first-order valence-corrected chi connectivity index (χ1v) is 7.38. The molecular weight excluding hydrogens is 302 g/mol. The highest BCUT2D eigenvalue weighted by molar-refractivity contribution is 6.34. The molecule has 2 heterocycles. The SMILES string of the molecule is CC(C)Nc1ncc2c(n1)NC(=O)N(c1ccccc1Cl)C2. The average molecular weight is 318 g/mol. The Balaban J connectivity index is 1.90. The molecule has 2 N–H and O–H groups in total. The van der Waals surface area contributed by atoms with Crippen LogP contribution in [0.5, 0.6) is 0 Å². The van der Waals surface area contributed by atoms with E-state index in [1.165, 1.54) is 0 Å². The summed E-state index contributed by atoms with van der Waals surface area (Å²) in [6, 6.07) is 7.20. The van der Waals surface area contributed by atoms with Gasteiger partial charge in [-0.3, -0.25) is 10.2 Å². The normalized spacial score (nSPS) is 13.8. The number of carbonyl (C=O) groups excluding carboxylic acids is 1. The Morgan fingerprint density at radius 3 is 2.86 bits per heavy atom. The number of fused-ring (bicyclic) bond motifs is 1. The Hall–Kier alpha value is -2.34. The van der Waals surface area contributed by atoms with E-state index in [1.807, 2.05) is 32.0 Å². The molecule has 22 heavy (non-hydrogen) atoms. The van der Waals surface area contributed by atoms with Gasteiger partial charge in [0.05, 0.1) is 17.3 Å². The molecule has 0 saturated heterocycles. The first kappa shape index (κ1) is 14.6. The highest BCUT2D eigenvalue weighted by Crippen LogP contribution is 2.31. The molecule has 1 aliphatic rings. The summed E-state index contributed by atoms with van der Waals surface area (Å²) in [5.74, 6) is 1.03. The van der Waals surface area contributed by atoms with Crippen molar-refractivity contribution >= 4 is 35.1 Å². The molecule has 2 amide bonds. The summed E-state index contributed by atoms with van der Waals surface area (Å²) in [6.07, 6.45) is 1.72. The first-order chi connectivity index (χ1) is 10.5. The number of rotatable bonds is 3. The molecule has 1 aromatic carbocycles. The lowest BCUT2D eigenvalue weighted by molar-refractivity contribution is 0.256. The smallest absolute Gasteiger partial charge is 0.327 e. The maximum absolute atomic E-state index is 12.3. The van der Waals surface area contributed by atoms with Crippen LogP contribution in [0.1, 0.15) is 19.4 Å². The summed E-state index contributed by atoms with van der Waals surface area (Å²) in [4.78, 5) is 22.5. The van der Waals surface area contributed by atoms with Gasteiger partial charge in [0.1, 0.15) is 5.82 Å². The van der Waals surface area contributed by atoms with Gasteiger partial charge in [0.25, 0.3) is 0 Å². The van der Waals surface area contributed by atoms with E-state index in [1.54, 1.807) is 17.2 Å². The standard InChI is InChI=1S/C15H16ClN5O/c1-9(2)18-14-17-7-10-8-21(15(22)20-13(10)19-14)12-6-4-3-5-11(12)16/h3-7,9H,8H2,1-2H3,(H2,17,18,19,20,22). The maximum atomic E-state index is 12.3. The van der Waals surface area contributed by atoms with E-state index in [2.05, 4.69) is 20.6 Å². The number of aromatic nitrogens is 2. The fourth-order valence-electron chi connectivity index (χ4n) is 2.23. The molecule has 0 fully saturated rings. The third-order valence-electron chi connectivity index (χ3n) is 3.22. The van der Waals surface area contributed by atoms with E-state index >= 15 is 0 Å². The number of amides is 2. The molecule has 7 heteroatoms. The van der Waals surface area contributed by atoms with E-state index < -0.39 is 0 Å². The Morgan fingerprint density at radius 2 is 2.14 bits per heavy atom. The Bertz CT molecular complexity index is 719. The van der Waals surface area contributed by atoms with E-state index in [-0.39, 0.29) is 12.1 Å². The monoisotopic (exact) mass is 317 g/mol. The average Bonchev–Trinajstić information content (AvgIpc) is 2.47. The summed E-state index contributed by atoms with van der Waals surface area (Å²) in [6.45, 7) is 4.38. The van der Waals surface area contributed by atoms with Crippen molar-refractivity contribution in [2.75, 3.05) is 15.5 Å². The molecule has 114 valence electrons. The van der Waals surface area contributed by atoms with Gasteiger partial charge in [0.2, 0.25) is 5.95 Å².